The molecular formula is C13H18N4O2. The van der Waals surface area contributed by atoms with Gasteiger partial charge < -0.3 is 15.4 Å². The Bertz CT molecular complexity index is 468. The lowest BCUT2D eigenvalue weighted by Crippen LogP contribution is -2.28. The molecule has 1 aromatic rings. The highest BCUT2D eigenvalue weighted by atomic mass is 16.5. The Morgan fingerprint density at radius 3 is 3.00 bits per heavy atom. The minimum absolute atomic E-state index is 0.0595. The SMILES string of the molecule is COCCNC(=O)CCNc1nccc(C)c1C#N. The molecule has 1 aromatic heterocycles. The number of carbonyl (C=O) groups is 1. The zero-order chi connectivity index (χ0) is 14.1. The van der Waals surface area contributed by atoms with Crippen molar-refractivity contribution in [3.05, 3.63) is 23.4 Å². The third kappa shape index (κ3) is 4.94. The van der Waals surface area contributed by atoms with Crippen molar-refractivity contribution in [3.63, 3.8) is 0 Å². The number of rotatable bonds is 7. The zero-order valence-electron chi connectivity index (χ0n) is 11.2. The monoisotopic (exact) mass is 262 g/mol. The molecule has 0 aliphatic heterocycles. The normalized spacial score (nSPS) is 9.74. The van der Waals surface area contributed by atoms with Crippen LogP contribution in [0.3, 0.4) is 0 Å². The summed E-state index contributed by atoms with van der Waals surface area (Å²) in [5.41, 5.74) is 1.38. The van der Waals surface area contributed by atoms with Crippen LogP contribution in [0.4, 0.5) is 5.82 Å². The van der Waals surface area contributed by atoms with E-state index in [4.69, 9.17) is 10.00 Å². The number of ether oxygens (including phenoxy) is 1. The maximum Gasteiger partial charge on any atom is 0.221 e. The summed E-state index contributed by atoms with van der Waals surface area (Å²) >= 11 is 0. The summed E-state index contributed by atoms with van der Waals surface area (Å²) in [6.45, 7) is 3.28. The van der Waals surface area contributed by atoms with Crippen LogP contribution in [0.5, 0.6) is 0 Å². The third-order valence-electron chi connectivity index (χ3n) is 2.54. The Kier molecular flexibility index (Phi) is 6.33. The molecule has 1 rings (SSSR count). The minimum atomic E-state index is -0.0595. The van der Waals surface area contributed by atoms with Crippen molar-refractivity contribution < 1.29 is 9.53 Å². The van der Waals surface area contributed by atoms with Gasteiger partial charge in [-0.25, -0.2) is 4.98 Å². The van der Waals surface area contributed by atoms with E-state index >= 15 is 0 Å². The topological polar surface area (TPSA) is 87.0 Å². The molecule has 0 bridgehead atoms. The summed E-state index contributed by atoms with van der Waals surface area (Å²) < 4.78 is 4.83. The van der Waals surface area contributed by atoms with E-state index in [1.54, 1.807) is 19.4 Å². The number of hydrogen-bond donors (Lipinski definition) is 2. The molecule has 0 radical (unpaired) electrons. The summed E-state index contributed by atoms with van der Waals surface area (Å²) in [6, 6.07) is 3.88. The smallest absolute Gasteiger partial charge is 0.221 e. The first-order valence-corrected chi connectivity index (χ1v) is 6.04. The number of nitriles is 1. The number of pyridine rings is 1. The summed E-state index contributed by atoms with van der Waals surface area (Å²) in [7, 11) is 1.58. The number of hydrogen-bond acceptors (Lipinski definition) is 5. The van der Waals surface area contributed by atoms with Gasteiger partial charge in [0.25, 0.3) is 0 Å². The summed E-state index contributed by atoms with van der Waals surface area (Å²) in [5, 5.41) is 14.7. The van der Waals surface area contributed by atoms with Crippen molar-refractivity contribution in [2.24, 2.45) is 0 Å². The number of aromatic nitrogens is 1. The number of anilines is 1. The van der Waals surface area contributed by atoms with Gasteiger partial charge in [0.1, 0.15) is 11.9 Å². The van der Waals surface area contributed by atoms with Gasteiger partial charge in [-0.05, 0) is 18.6 Å². The average molecular weight is 262 g/mol. The first-order valence-electron chi connectivity index (χ1n) is 6.04. The van der Waals surface area contributed by atoms with Crippen molar-refractivity contribution >= 4 is 11.7 Å². The molecule has 0 aromatic carbocycles. The van der Waals surface area contributed by atoms with E-state index in [-0.39, 0.29) is 5.91 Å². The molecule has 1 heterocycles. The lowest BCUT2D eigenvalue weighted by Gasteiger charge is -2.08. The molecule has 0 saturated heterocycles. The second-order valence-corrected chi connectivity index (χ2v) is 3.98. The van der Waals surface area contributed by atoms with E-state index in [9.17, 15) is 4.79 Å². The van der Waals surface area contributed by atoms with Gasteiger partial charge in [-0.3, -0.25) is 4.79 Å². The van der Waals surface area contributed by atoms with Gasteiger partial charge in [0.05, 0.1) is 12.2 Å². The van der Waals surface area contributed by atoms with E-state index < -0.39 is 0 Å². The molecule has 0 aliphatic carbocycles. The predicted octanol–water partition coefficient (Wildman–Crippen LogP) is 0.826. The van der Waals surface area contributed by atoms with Gasteiger partial charge >= 0.3 is 0 Å². The van der Waals surface area contributed by atoms with E-state index in [0.29, 0.717) is 37.5 Å². The van der Waals surface area contributed by atoms with Crippen LogP contribution in [0.15, 0.2) is 12.3 Å². The van der Waals surface area contributed by atoms with Gasteiger partial charge in [0, 0.05) is 32.8 Å². The first kappa shape index (κ1) is 14.9. The van der Waals surface area contributed by atoms with Gasteiger partial charge in [-0.15, -0.1) is 0 Å². The van der Waals surface area contributed by atoms with E-state index in [2.05, 4.69) is 21.7 Å². The maximum absolute atomic E-state index is 11.4. The third-order valence-corrected chi connectivity index (χ3v) is 2.54. The highest BCUT2D eigenvalue weighted by Gasteiger charge is 2.06. The van der Waals surface area contributed by atoms with Crippen LogP contribution in [0.1, 0.15) is 17.5 Å². The standard InChI is InChI=1S/C13H18N4O2/c1-10-3-5-16-13(11(10)9-14)17-6-4-12(18)15-7-8-19-2/h3,5H,4,6-8H2,1-2H3,(H,15,18)(H,16,17). The first-order chi connectivity index (χ1) is 9.19. The number of amides is 1. The fraction of sp³-hybridized carbons (Fsp3) is 0.462. The van der Waals surface area contributed by atoms with Crippen LogP contribution in [-0.2, 0) is 9.53 Å². The van der Waals surface area contributed by atoms with Crippen molar-refractivity contribution in [3.8, 4) is 6.07 Å². The molecule has 102 valence electrons. The van der Waals surface area contributed by atoms with Crippen molar-refractivity contribution in [2.45, 2.75) is 13.3 Å². The molecule has 0 unspecified atom stereocenters. The molecule has 0 saturated carbocycles. The predicted molar refractivity (Wildman–Crippen MR) is 71.7 cm³/mol. The number of nitrogens with zero attached hydrogens (tertiary/aromatic N) is 2. The van der Waals surface area contributed by atoms with E-state index in [1.165, 1.54) is 0 Å². The lowest BCUT2D eigenvalue weighted by molar-refractivity contribution is -0.121. The molecule has 6 heteroatoms. The quantitative estimate of drug-likeness (QED) is 0.711. The largest absolute Gasteiger partial charge is 0.383 e. The van der Waals surface area contributed by atoms with Crippen molar-refractivity contribution in [1.29, 1.82) is 5.26 Å². The molecule has 0 atom stereocenters. The molecule has 0 spiro atoms. The van der Waals surface area contributed by atoms with Crippen molar-refractivity contribution in [1.82, 2.24) is 10.3 Å². The maximum atomic E-state index is 11.4. The van der Waals surface area contributed by atoms with Crippen LogP contribution in [0.25, 0.3) is 0 Å². The molecule has 2 N–H and O–H groups in total. The second kappa shape index (κ2) is 8.06. The van der Waals surface area contributed by atoms with Gasteiger partial charge in [0.2, 0.25) is 5.91 Å². The zero-order valence-corrected chi connectivity index (χ0v) is 11.2. The Morgan fingerprint density at radius 2 is 2.32 bits per heavy atom. The molecule has 0 fully saturated rings. The van der Waals surface area contributed by atoms with E-state index in [1.807, 2.05) is 6.92 Å². The lowest BCUT2D eigenvalue weighted by atomic mass is 10.1. The Hall–Kier alpha value is -2.13. The van der Waals surface area contributed by atoms with Crippen LogP contribution >= 0.6 is 0 Å². The van der Waals surface area contributed by atoms with Gasteiger partial charge in [0.15, 0.2) is 0 Å². The Balaban J connectivity index is 2.40. The second-order valence-electron chi connectivity index (χ2n) is 3.98. The highest BCUT2D eigenvalue weighted by Crippen LogP contribution is 2.14. The fourth-order valence-electron chi connectivity index (χ4n) is 1.51. The van der Waals surface area contributed by atoms with Crippen LogP contribution < -0.4 is 10.6 Å². The average Bonchev–Trinajstić information content (AvgIpc) is 2.39. The molecule has 6 nitrogen and oxygen atoms in total. The minimum Gasteiger partial charge on any atom is -0.383 e. The number of carbonyl (C=O) groups excluding carboxylic acids is 1. The van der Waals surface area contributed by atoms with E-state index in [0.717, 1.165) is 5.56 Å². The molecule has 19 heavy (non-hydrogen) atoms. The molecule has 1 amide bonds. The van der Waals surface area contributed by atoms with Crippen LogP contribution in [0.2, 0.25) is 0 Å². The number of nitrogens with one attached hydrogen (secondary N) is 2. The van der Waals surface area contributed by atoms with Crippen LogP contribution in [-0.4, -0.2) is 37.7 Å². The Morgan fingerprint density at radius 1 is 1.53 bits per heavy atom. The van der Waals surface area contributed by atoms with Gasteiger partial charge in [-0.2, -0.15) is 5.26 Å². The number of methoxy groups -OCH3 is 1. The van der Waals surface area contributed by atoms with Crippen LogP contribution in [0, 0.1) is 18.3 Å². The van der Waals surface area contributed by atoms with Gasteiger partial charge in [-0.1, -0.05) is 0 Å². The Labute approximate surface area is 112 Å². The summed E-state index contributed by atoms with van der Waals surface area (Å²) in [6.07, 6.45) is 1.96. The fourth-order valence-corrected chi connectivity index (χ4v) is 1.51. The molecule has 0 aliphatic rings. The molecular weight excluding hydrogens is 244 g/mol. The summed E-state index contributed by atoms with van der Waals surface area (Å²) in [4.78, 5) is 15.5. The highest BCUT2D eigenvalue weighted by molar-refractivity contribution is 5.76. The van der Waals surface area contributed by atoms with Crippen molar-refractivity contribution in [2.75, 3.05) is 32.1 Å². The summed E-state index contributed by atoms with van der Waals surface area (Å²) in [5.74, 6) is 0.461. The number of aryl methyl sites for hydroxylation is 1.